The number of amidine groups is 1. The first kappa shape index (κ1) is 32.1. The van der Waals surface area contributed by atoms with Gasteiger partial charge in [0, 0.05) is 18.4 Å². The van der Waals surface area contributed by atoms with Gasteiger partial charge in [0.15, 0.2) is 11.0 Å². The Bertz CT molecular complexity index is 1700. The Balaban J connectivity index is 1.20. The number of anilines is 2. The molecule has 0 bridgehead atoms. The number of hydrogen-bond donors (Lipinski definition) is 2. The minimum Gasteiger partial charge on any atom is -0.484 e. The number of aliphatic hydroxyl groups excluding tert-OH is 1. The van der Waals surface area contributed by atoms with E-state index >= 15 is 0 Å². The molecule has 5 rings (SSSR count). The number of thioether (sulfide) groups is 1. The van der Waals surface area contributed by atoms with Crippen molar-refractivity contribution < 1.29 is 37.3 Å². The second kappa shape index (κ2) is 13.8. The second-order valence-electron chi connectivity index (χ2n) is 9.59. The molecule has 2 heterocycles. The van der Waals surface area contributed by atoms with E-state index in [0.29, 0.717) is 40.4 Å². The van der Waals surface area contributed by atoms with Crippen LogP contribution in [0.1, 0.15) is 17.0 Å². The quantitative estimate of drug-likeness (QED) is 0.195. The molecule has 11 nitrogen and oxygen atoms in total. The number of alkyl halides is 3. The molecular formula is C29H26ClF3N6O5S. The number of aromatic nitrogens is 3. The van der Waals surface area contributed by atoms with Crippen LogP contribution in [0.25, 0.3) is 5.69 Å². The number of rotatable bonds is 11. The summed E-state index contributed by atoms with van der Waals surface area (Å²) in [7, 11) is 1.57. The molecule has 1 unspecified atom stereocenters. The van der Waals surface area contributed by atoms with Crippen molar-refractivity contribution >= 4 is 45.8 Å². The predicted molar refractivity (Wildman–Crippen MR) is 163 cm³/mol. The van der Waals surface area contributed by atoms with E-state index in [0.717, 1.165) is 11.1 Å². The fourth-order valence-corrected chi connectivity index (χ4v) is 5.40. The number of aliphatic imine (C=N–C) groups is 1. The fraction of sp³-hybridized carbons (Fsp3) is 0.241. The van der Waals surface area contributed by atoms with Crippen LogP contribution < -0.4 is 19.7 Å². The Morgan fingerprint density at radius 3 is 2.62 bits per heavy atom. The first-order valence-electron chi connectivity index (χ1n) is 13.2. The highest BCUT2D eigenvalue weighted by Gasteiger charge is 2.32. The summed E-state index contributed by atoms with van der Waals surface area (Å²) in [6, 6.07) is 15.6. The molecule has 2 N–H and O–H groups in total. The molecule has 3 aromatic carbocycles. The molecule has 0 spiro atoms. The molecular weight excluding hydrogens is 637 g/mol. The molecule has 1 aliphatic rings. The van der Waals surface area contributed by atoms with Gasteiger partial charge in [-0.2, -0.15) is 0 Å². The maximum Gasteiger partial charge on any atom is 0.573 e. The topological polar surface area (TPSA) is 123 Å². The lowest BCUT2D eigenvalue weighted by Gasteiger charge is -2.21. The molecule has 1 fully saturated rings. The number of carbonyl (C=O) groups is 1. The van der Waals surface area contributed by atoms with Gasteiger partial charge >= 0.3 is 6.36 Å². The van der Waals surface area contributed by atoms with Gasteiger partial charge in [0.1, 0.15) is 24.4 Å². The zero-order valence-electron chi connectivity index (χ0n) is 23.8. The third-order valence-corrected chi connectivity index (χ3v) is 7.47. The van der Waals surface area contributed by atoms with Crippen molar-refractivity contribution in [2.75, 3.05) is 23.1 Å². The van der Waals surface area contributed by atoms with E-state index in [9.17, 15) is 23.1 Å². The van der Waals surface area contributed by atoms with Crippen molar-refractivity contribution in [3.63, 3.8) is 0 Å². The summed E-state index contributed by atoms with van der Waals surface area (Å²) >= 11 is 7.62. The number of methoxy groups -OCH3 is 1. The number of nitrogens with one attached hydrogen (secondary N) is 1. The van der Waals surface area contributed by atoms with Crippen LogP contribution in [0, 0.1) is 6.92 Å². The maximum atomic E-state index is 12.8. The Morgan fingerprint density at radius 1 is 1.13 bits per heavy atom. The van der Waals surface area contributed by atoms with Gasteiger partial charge in [0.25, 0.3) is 0 Å². The number of ether oxygens (including phenoxy) is 3. The Hall–Kier alpha value is -4.31. The molecule has 1 saturated heterocycles. The molecule has 0 radical (unpaired) electrons. The van der Waals surface area contributed by atoms with Crippen LogP contribution >= 0.6 is 23.4 Å². The van der Waals surface area contributed by atoms with E-state index in [2.05, 4.69) is 25.1 Å². The van der Waals surface area contributed by atoms with E-state index in [4.69, 9.17) is 21.1 Å². The minimum atomic E-state index is -4.78. The number of aliphatic hydroxyl groups is 1. The predicted octanol–water partition coefficient (Wildman–Crippen LogP) is 5.68. The van der Waals surface area contributed by atoms with Crippen LogP contribution in [0.4, 0.5) is 24.5 Å². The summed E-state index contributed by atoms with van der Waals surface area (Å²) in [4.78, 5) is 22.7. The molecule has 4 aromatic rings. The van der Waals surface area contributed by atoms with Crippen LogP contribution in [-0.4, -0.2) is 56.5 Å². The van der Waals surface area contributed by atoms with Gasteiger partial charge in [-0.25, -0.2) is 14.7 Å². The molecule has 1 atom stereocenters. The maximum absolute atomic E-state index is 12.8. The van der Waals surface area contributed by atoms with Crippen molar-refractivity contribution in [3.8, 4) is 17.2 Å². The Kier molecular flexibility index (Phi) is 9.82. The molecule has 0 saturated carbocycles. The lowest BCUT2D eigenvalue weighted by atomic mass is 10.1. The van der Waals surface area contributed by atoms with Gasteiger partial charge in [-0.15, -0.1) is 18.3 Å². The minimum absolute atomic E-state index is 0.0455. The number of amides is 1. The third kappa shape index (κ3) is 8.25. The van der Waals surface area contributed by atoms with Gasteiger partial charge < -0.3 is 24.6 Å². The molecule has 1 aromatic heterocycles. The Morgan fingerprint density at radius 2 is 1.91 bits per heavy atom. The van der Waals surface area contributed by atoms with Crippen LogP contribution in [0.5, 0.6) is 11.5 Å². The van der Waals surface area contributed by atoms with Crippen LogP contribution in [0.15, 0.2) is 72.0 Å². The molecule has 16 heteroatoms. The first-order chi connectivity index (χ1) is 21.5. The van der Waals surface area contributed by atoms with Crippen molar-refractivity contribution in [1.29, 1.82) is 0 Å². The fourth-order valence-electron chi connectivity index (χ4n) is 4.28. The molecule has 1 amide bonds. The van der Waals surface area contributed by atoms with Gasteiger partial charge in [-0.05, 0) is 61.0 Å². The number of carbonyl (C=O) groups excluding carboxylic acids is 1. The van der Waals surface area contributed by atoms with Crippen molar-refractivity contribution in [2.45, 2.75) is 32.9 Å². The summed E-state index contributed by atoms with van der Waals surface area (Å²) in [5.41, 5.74) is 3.33. The number of hydrogen-bond acceptors (Lipinski definition) is 10. The first-order valence-corrected chi connectivity index (χ1v) is 14.6. The smallest absolute Gasteiger partial charge is 0.484 e. The van der Waals surface area contributed by atoms with Crippen molar-refractivity contribution in [3.05, 3.63) is 89.0 Å². The van der Waals surface area contributed by atoms with Gasteiger partial charge in [-0.1, -0.05) is 35.5 Å². The standard InChI is InChI=1S/C29H26ClF3N6O5S/c1-17-3-4-18(13-42-2)23(11-17)39-26(40)15-45-28(39)36-27(41)35-19-5-10-24(22(30)12-19)43-14-25-34-16-38(37-25)20-6-8-21(9-7-20)44-29(31,32)33/h3-12,16,27,35,41H,13-15H2,1-2H3. The average molecular weight is 663 g/mol. The van der Waals surface area contributed by atoms with Crippen molar-refractivity contribution in [2.24, 2.45) is 4.99 Å². The zero-order valence-corrected chi connectivity index (χ0v) is 25.4. The highest BCUT2D eigenvalue weighted by molar-refractivity contribution is 8.15. The molecule has 0 aliphatic carbocycles. The third-order valence-electron chi connectivity index (χ3n) is 6.24. The molecule has 45 heavy (non-hydrogen) atoms. The van der Waals surface area contributed by atoms with Gasteiger partial charge in [0.05, 0.1) is 28.8 Å². The zero-order chi connectivity index (χ0) is 32.1. The summed E-state index contributed by atoms with van der Waals surface area (Å²) in [6.07, 6.45) is -4.77. The average Bonchev–Trinajstić information content (AvgIpc) is 3.59. The van der Waals surface area contributed by atoms with E-state index in [1.807, 2.05) is 25.1 Å². The van der Waals surface area contributed by atoms with Crippen LogP contribution in [0.2, 0.25) is 5.02 Å². The van der Waals surface area contributed by atoms with Crippen molar-refractivity contribution in [1.82, 2.24) is 14.8 Å². The van der Waals surface area contributed by atoms with E-state index in [-0.39, 0.29) is 29.0 Å². The number of halogens is 4. The van der Waals surface area contributed by atoms with Crippen LogP contribution in [0.3, 0.4) is 0 Å². The van der Waals surface area contributed by atoms with Crippen LogP contribution in [-0.2, 0) is 22.7 Å². The normalized spacial score (nSPS) is 15.0. The monoisotopic (exact) mass is 662 g/mol. The van der Waals surface area contributed by atoms with Gasteiger partial charge in [-0.3, -0.25) is 9.69 Å². The number of benzene rings is 3. The largest absolute Gasteiger partial charge is 0.573 e. The highest BCUT2D eigenvalue weighted by Crippen LogP contribution is 2.32. The lowest BCUT2D eigenvalue weighted by molar-refractivity contribution is -0.274. The summed E-state index contributed by atoms with van der Waals surface area (Å²) in [6.45, 7) is 2.18. The number of aryl methyl sites for hydroxylation is 1. The summed E-state index contributed by atoms with van der Waals surface area (Å²) in [5, 5.41) is 18.4. The highest BCUT2D eigenvalue weighted by atomic mass is 35.5. The SMILES string of the molecule is COCc1ccc(C)cc1N1C(=O)CSC1=NC(O)Nc1ccc(OCc2ncn(-c3ccc(OC(F)(F)F)cc3)n2)c(Cl)c1. The van der Waals surface area contributed by atoms with E-state index < -0.39 is 12.7 Å². The van der Waals surface area contributed by atoms with Gasteiger partial charge in [0.2, 0.25) is 12.3 Å². The van der Waals surface area contributed by atoms with E-state index in [1.165, 1.54) is 51.9 Å². The Labute approximate surface area is 264 Å². The summed E-state index contributed by atoms with van der Waals surface area (Å²) < 4.78 is 53.4. The summed E-state index contributed by atoms with van der Waals surface area (Å²) in [5.74, 6) is 0.286. The lowest BCUT2D eigenvalue weighted by Crippen LogP contribution is -2.32. The second-order valence-corrected chi connectivity index (χ2v) is 10.9. The van der Waals surface area contributed by atoms with E-state index in [1.54, 1.807) is 25.3 Å². The molecule has 236 valence electrons. The molecule has 1 aliphatic heterocycles. The number of nitrogens with zero attached hydrogens (tertiary/aromatic N) is 5.